The van der Waals surface area contributed by atoms with E-state index in [1.54, 1.807) is 0 Å². The molecule has 0 nitrogen and oxygen atoms in total. The second-order valence-corrected chi connectivity index (χ2v) is 12.6. The molecule has 0 saturated heterocycles. The number of hydrogen-bond acceptors (Lipinski definition) is 0. The third-order valence-corrected chi connectivity index (χ3v) is 9.80. The van der Waals surface area contributed by atoms with Crippen molar-refractivity contribution in [2.24, 2.45) is 0 Å². The summed E-state index contributed by atoms with van der Waals surface area (Å²) in [6.07, 6.45) is 0. The van der Waals surface area contributed by atoms with Crippen LogP contribution < -0.4 is 0 Å². The van der Waals surface area contributed by atoms with Crippen LogP contribution in [0, 0.1) is 13.8 Å². The van der Waals surface area contributed by atoms with E-state index >= 15 is 0 Å². The van der Waals surface area contributed by atoms with Crippen molar-refractivity contribution < 1.29 is 0 Å². The monoisotopic (exact) mass is 550 g/mol. The quantitative estimate of drug-likeness (QED) is 0.192. The van der Waals surface area contributed by atoms with E-state index in [9.17, 15) is 0 Å². The minimum Gasteiger partial charge on any atom is -0.0622 e. The van der Waals surface area contributed by atoms with Crippen LogP contribution in [0.15, 0.2) is 133 Å². The van der Waals surface area contributed by atoms with Gasteiger partial charge in [0.2, 0.25) is 0 Å². The fourth-order valence-electron chi connectivity index (χ4n) is 7.45. The highest BCUT2D eigenvalue weighted by Crippen LogP contribution is 2.54. The Balaban J connectivity index is 1.55. The van der Waals surface area contributed by atoms with E-state index in [1.165, 1.54) is 88.3 Å². The molecule has 0 aliphatic heterocycles. The lowest BCUT2D eigenvalue weighted by molar-refractivity contribution is 0.660. The van der Waals surface area contributed by atoms with Crippen LogP contribution in [0.4, 0.5) is 0 Å². The van der Waals surface area contributed by atoms with Gasteiger partial charge in [0.1, 0.15) is 0 Å². The van der Waals surface area contributed by atoms with E-state index in [0.717, 1.165) is 0 Å². The fourth-order valence-corrected chi connectivity index (χ4v) is 7.45. The average Bonchev–Trinajstić information content (AvgIpc) is 3.28. The highest BCUT2D eigenvalue weighted by Gasteiger charge is 2.37. The van der Waals surface area contributed by atoms with Gasteiger partial charge in [0.25, 0.3) is 0 Å². The minimum atomic E-state index is -0.0535. The van der Waals surface area contributed by atoms with Crippen molar-refractivity contribution in [2.75, 3.05) is 0 Å². The number of hydrogen-bond donors (Lipinski definition) is 0. The van der Waals surface area contributed by atoms with Gasteiger partial charge in [-0.15, -0.1) is 0 Å². The maximum atomic E-state index is 2.43. The molecule has 8 rings (SSSR count). The third-order valence-electron chi connectivity index (χ3n) is 9.80. The predicted octanol–water partition coefficient (Wildman–Crippen LogP) is 11.9. The summed E-state index contributed by atoms with van der Waals surface area (Å²) in [4.78, 5) is 0. The fraction of sp³-hybridized carbons (Fsp3) is 0.116. The zero-order chi connectivity index (χ0) is 29.3. The Labute approximate surface area is 254 Å². The first kappa shape index (κ1) is 25.7. The zero-order valence-electron chi connectivity index (χ0n) is 25.2. The normalized spacial score (nSPS) is 13.3. The molecule has 0 fully saturated rings. The SMILES string of the molecule is Cc1ccc(-c2c3ccccc3c(-c3cccc4c3-c3ccccc3C4(C)C)c3cc(-c4ccccc4)ccc23)cc1C. The van der Waals surface area contributed by atoms with Crippen molar-refractivity contribution in [2.45, 2.75) is 33.1 Å². The molecule has 0 spiro atoms. The molecule has 0 aromatic heterocycles. The summed E-state index contributed by atoms with van der Waals surface area (Å²) in [7, 11) is 0. The number of aryl methyl sites for hydroxylation is 2. The predicted molar refractivity (Wildman–Crippen MR) is 185 cm³/mol. The van der Waals surface area contributed by atoms with Gasteiger partial charge in [0.15, 0.2) is 0 Å². The Bertz CT molecular complexity index is 2210. The summed E-state index contributed by atoms with van der Waals surface area (Å²) < 4.78 is 0. The Morgan fingerprint density at radius 1 is 0.372 bits per heavy atom. The maximum Gasteiger partial charge on any atom is 0.0159 e. The summed E-state index contributed by atoms with van der Waals surface area (Å²) in [5.41, 5.74) is 15.8. The van der Waals surface area contributed by atoms with E-state index in [-0.39, 0.29) is 5.41 Å². The molecule has 0 heteroatoms. The molecular weight excluding hydrogens is 516 g/mol. The van der Waals surface area contributed by atoms with Crippen molar-refractivity contribution in [3.63, 3.8) is 0 Å². The second-order valence-electron chi connectivity index (χ2n) is 12.6. The van der Waals surface area contributed by atoms with Crippen molar-refractivity contribution in [3.05, 3.63) is 156 Å². The molecule has 1 aliphatic carbocycles. The second kappa shape index (κ2) is 9.54. The Morgan fingerprint density at radius 3 is 1.79 bits per heavy atom. The zero-order valence-corrected chi connectivity index (χ0v) is 25.2. The molecule has 7 aromatic rings. The van der Waals surface area contributed by atoms with E-state index in [1.807, 2.05) is 0 Å². The molecule has 1 aliphatic rings. The van der Waals surface area contributed by atoms with Gasteiger partial charge in [0.05, 0.1) is 0 Å². The number of benzene rings is 7. The van der Waals surface area contributed by atoms with Gasteiger partial charge >= 0.3 is 0 Å². The molecule has 0 unspecified atom stereocenters. The molecule has 206 valence electrons. The summed E-state index contributed by atoms with van der Waals surface area (Å²) >= 11 is 0. The smallest absolute Gasteiger partial charge is 0.0159 e. The van der Waals surface area contributed by atoms with E-state index in [2.05, 4.69) is 161 Å². The van der Waals surface area contributed by atoms with Gasteiger partial charge in [0, 0.05) is 5.41 Å². The summed E-state index contributed by atoms with van der Waals surface area (Å²) in [6.45, 7) is 9.15. The maximum absolute atomic E-state index is 2.43. The molecule has 0 heterocycles. The standard InChI is InChI=1S/C43H34/c1-27-21-22-31(25-28(27)2)40-32-15-8-9-16-33(32)41(37-26-30(23-24-34(37)40)29-13-6-5-7-14-29)36-18-12-20-39-42(36)35-17-10-11-19-38(35)43(39,3)4/h5-26H,1-4H3. The molecule has 0 N–H and O–H groups in total. The molecular formula is C43H34. The highest BCUT2D eigenvalue weighted by atomic mass is 14.4. The average molecular weight is 551 g/mol. The van der Waals surface area contributed by atoms with Crippen molar-refractivity contribution in [1.29, 1.82) is 0 Å². The van der Waals surface area contributed by atoms with E-state index < -0.39 is 0 Å². The number of fused-ring (bicyclic) bond motifs is 5. The largest absolute Gasteiger partial charge is 0.0622 e. The lowest BCUT2D eigenvalue weighted by Gasteiger charge is -2.23. The summed E-state index contributed by atoms with van der Waals surface area (Å²) in [6, 6.07) is 49.8. The highest BCUT2D eigenvalue weighted by molar-refractivity contribution is 6.23. The van der Waals surface area contributed by atoms with Crippen LogP contribution in [-0.4, -0.2) is 0 Å². The van der Waals surface area contributed by atoms with Crippen LogP contribution in [0.5, 0.6) is 0 Å². The van der Waals surface area contributed by atoms with Crippen LogP contribution >= 0.6 is 0 Å². The Hall–Kier alpha value is -4.94. The van der Waals surface area contributed by atoms with Gasteiger partial charge in [-0.25, -0.2) is 0 Å². The van der Waals surface area contributed by atoms with Crippen LogP contribution in [0.1, 0.15) is 36.1 Å². The van der Waals surface area contributed by atoms with E-state index in [0.29, 0.717) is 0 Å². The molecule has 0 radical (unpaired) electrons. The summed E-state index contributed by atoms with van der Waals surface area (Å²) in [5.74, 6) is 0. The van der Waals surface area contributed by atoms with Crippen LogP contribution in [0.2, 0.25) is 0 Å². The van der Waals surface area contributed by atoms with Crippen molar-refractivity contribution >= 4 is 21.5 Å². The first-order valence-electron chi connectivity index (χ1n) is 15.3. The van der Waals surface area contributed by atoms with Gasteiger partial charge < -0.3 is 0 Å². The van der Waals surface area contributed by atoms with Gasteiger partial charge in [-0.05, 0) is 108 Å². The lowest BCUT2D eigenvalue weighted by Crippen LogP contribution is -2.14. The van der Waals surface area contributed by atoms with Gasteiger partial charge in [-0.1, -0.05) is 141 Å². The third kappa shape index (κ3) is 3.83. The Kier molecular flexibility index (Phi) is 5.71. The van der Waals surface area contributed by atoms with E-state index in [4.69, 9.17) is 0 Å². The van der Waals surface area contributed by atoms with Gasteiger partial charge in [-0.2, -0.15) is 0 Å². The van der Waals surface area contributed by atoms with Crippen LogP contribution in [0.25, 0.3) is 66.1 Å². The molecule has 7 aromatic carbocycles. The lowest BCUT2D eigenvalue weighted by atomic mass is 9.80. The molecule has 0 amide bonds. The Morgan fingerprint density at radius 2 is 1.00 bits per heavy atom. The molecule has 43 heavy (non-hydrogen) atoms. The van der Waals surface area contributed by atoms with Crippen LogP contribution in [-0.2, 0) is 5.41 Å². The first-order chi connectivity index (χ1) is 20.9. The molecule has 0 saturated carbocycles. The van der Waals surface area contributed by atoms with Gasteiger partial charge in [-0.3, -0.25) is 0 Å². The molecule has 0 atom stereocenters. The summed E-state index contributed by atoms with van der Waals surface area (Å²) in [5, 5.41) is 5.18. The molecule has 0 bridgehead atoms. The van der Waals surface area contributed by atoms with Crippen molar-refractivity contribution in [1.82, 2.24) is 0 Å². The first-order valence-corrected chi connectivity index (χ1v) is 15.3. The minimum absolute atomic E-state index is 0.0535. The number of rotatable bonds is 3. The van der Waals surface area contributed by atoms with Crippen molar-refractivity contribution in [3.8, 4) is 44.5 Å². The topological polar surface area (TPSA) is 0 Å². The van der Waals surface area contributed by atoms with Crippen LogP contribution in [0.3, 0.4) is 0 Å².